The van der Waals surface area contributed by atoms with Gasteiger partial charge in [0.15, 0.2) is 0 Å². The van der Waals surface area contributed by atoms with Gasteiger partial charge in [-0.05, 0) is 85.4 Å². The van der Waals surface area contributed by atoms with Gasteiger partial charge >= 0.3 is 0 Å². The van der Waals surface area contributed by atoms with Gasteiger partial charge in [-0.15, -0.1) is 0 Å². The van der Waals surface area contributed by atoms with Gasteiger partial charge in [-0.25, -0.2) is 0 Å². The van der Waals surface area contributed by atoms with Gasteiger partial charge in [-0.3, -0.25) is 0 Å². The highest BCUT2D eigenvalue weighted by molar-refractivity contribution is 4.94. The van der Waals surface area contributed by atoms with Crippen LogP contribution in [0.25, 0.3) is 0 Å². The minimum Gasteiger partial charge on any atom is -0.0620 e. The minimum atomic E-state index is 0.580. The highest BCUT2D eigenvalue weighted by Gasteiger charge is 2.44. The second-order valence-electron chi connectivity index (χ2n) is 12.5. The summed E-state index contributed by atoms with van der Waals surface area (Å²) in [6.45, 7) is 7.98. The molecule has 0 spiro atoms. The number of hydrogen-bond acceptors (Lipinski definition) is 0. The van der Waals surface area contributed by atoms with Crippen LogP contribution in [0.2, 0.25) is 0 Å². The lowest BCUT2D eigenvalue weighted by Crippen LogP contribution is -2.33. The van der Waals surface area contributed by atoms with E-state index < -0.39 is 0 Å². The van der Waals surface area contributed by atoms with Crippen molar-refractivity contribution in [3.8, 4) is 0 Å². The zero-order valence-electron chi connectivity index (χ0n) is 19.6. The van der Waals surface area contributed by atoms with Crippen molar-refractivity contribution in [1.82, 2.24) is 0 Å². The summed E-state index contributed by atoms with van der Waals surface area (Å²) in [7, 11) is 0. The fraction of sp³-hybridized carbons (Fsp3) is 1.00. The SMILES string of the molecule is CC1C(CC(CC(C)(C)C2CCCCC2)C2CCCCC2)CC2CCCCC21. The quantitative estimate of drug-likeness (QED) is 0.427. The molecule has 0 aromatic rings. The highest BCUT2D eigenvalue weighted by atomic mass is 14.5. The molecule has 0 aromatic heterocycles. The summed E-state index contributed by atoms with van der Waals surface area (Å²) < 4.78 is 0. The second kappa shape index (κ2) is 9.43. The number of hydrogen-bond donors (Lipinski definition) is 0. The van der Waals surface area contributed by atoms with Gasteiger partial charge < -0.3 is 0 Å². The lowest BCUT2D eigenvalue weighted by Gasteiger charge is -2.43. The second-order valence-corrected chi connectivity index (χ2v) is 12.5. The lowest BCUT2D eigenvalue weighted by atomic mass is 9.62. The maximum Gasteiger partial charge on any atom is -0.0323 e. The Morgan fingerprint density at radius 1 is 0.750 bits per heavy atom. The highest BCUT2D eigenvalue weighted by Crippen LogP contribution is 2.53. The van der Waals surface area contributed by atoms with Crippen LogP contribution < -0.4 is 0 Å². The first-order valence-electron chi connectivity index (χ1n) is 13.5. The molecule has 0 bridgehead atoms. The molecular weight excluding hydrogens is 336 g/mol. The van der Waals surface area contributed by atoms with Crippen molar-refractivity contribution in [2.45, 2.75) is 130 Å². The van der Waals surface area contributed by atoms with Crippen molar-refractivity contribution in [2.75, 3.05) is 0 Å². The van der Waals surface area contributed by atoms with Crippen molar-refractivity contribution in [3.63, 3.8) is 0 Å². The Kier molecular flexibility index (Phi) is 7.15. The molecule has 4 aliphatic carbocycles. The Morgan fingerprint density at radius 2 is 1.36 bits per heavy atom. The van der Waals surface area contributed by atoms with E-state index in [9.17, 15) is 0 Å². The van der Waals surface area contributed by atoms with E-state index in [0.717, 1.165) is 41.4 Å². The maximum atomic E-state index is 2.66. The normalized spacial score (nSPS) is 37.0. The Labute approximate surface area is 177 Å². The molecule has 0 radical (unpaired) electrons. The summed E-state index contributed by atoms with van der Waals surface area (Å²) in [6, 6.07) is 0. The van der Waals surface area contributed by atoms with Crippen LogP contribution in [0.1, 0.15) is 130 Å². The van der Waals surface area contributed by atoms with E-state index in [1.165, 1.54) is 64.2 Å². The monoisotopic (exact) mass is 386 g/mol. The largest absolute Gasteiger partial charge is 0.0620 e. The molecule has 0 aliphatic heterocycles. The van der Waals surface area contributed by atoms with E-state index in [4.69, 9.17) is 0 Å². The van der Waals surface area contributed by atoms with E-state index in [-0.39, 0.29) is 0 Å². The standard InChI is InChI=1S/C28H50/c1-21-24(18-23-14-10-11-17-27(21)23)19-25(22-12-6-4-7-13-22)20-28(2,3)26-15-8-5-9-16-26/h21-27H,4-20H2,1-3H3. The average Bonchev–Trinajstić information content (AvgIpc) is 3.04. The topological polar surface area (TPSA) is 0 Å². The maximum absolute atomic E-state index is 2.66. The first kappa shape index (κ1) is 21.2. The van der Waals surface area contributed by atoms with E-state index >= 15 is 0 Å². The summed E-state index contributed by atoms with van der Waals surface area (Å²) in [4.78, 5) is 0. The molecule has 4 aliphatic rings. The molecule has 0 saturated heterocycles. The molecule has 0 aromatic carbocycles. The van der Waals surface area contributed by atoms with Crippen LogP contribution in [-0.2, 0) is 0 Å². The van der Waals surface area contributed by atoms with E-state index in [0.29, 0.717) is 5.41 Å². The minimum absolute atomic E-state index is 0.580. The summed E-state index contributed by atoms with van der Waals surface area (Å²) in [6.07, 6.45) is 26.1. The predicted molar refractivity (Wildman–Crippen MR) is 122 cm³/mol. The summed E-state index contributed by atoms with van der Waals surface area (Å²) in [5.74, 6) is 7.38. The predicted octanol–water partition coefficient (Wildman–Crippen LogP) is 9.03. The third kappa shape index (κ3) is 4.83. The van der Waals surface area contributed by atoms with Crippen molar-refractivity contribution < 1.29 is 0 Å². The van der Waals surface area contributed by atoms with Crippen molar-refractivity contribution >= 4 is 0 Å². The Morgan fingerprint density at radius 3 is 2.04 bits per heavy atom. The molecule has 28 heavy (non-hydrogen) atoms. The number of rotatable bonds is 6. The van der Waals surface area contributed by atoms with Crippen LogP contribution >= 0.6 is 0 Å². The molecule has 162 valence electrons. The van der Waals surface area contributed by atoms with Gasteiger partial charge in [0.1, 0.15) is 0 Å². The van der Waals surface area contributed by atoms with Crippen LogP contribution in [0.3, 0.4) is 0 Å². The molecular formula is C28H50. The third-order valence-corrected chi connectivity index (χ3v) is 10.4. The Balaban J connectivity index is 1.44. The molecule has 0 nitrogen and oxygen atoms in total. The zero-order valence-corrected chi connectivity index (χ0v) is 19.6. The molecule has 4 rings (SSSR count). The Hall–Kier alpha value is 0. The van der Waals surface area contributed by atoms with Gasteiger partial charge in [0, 0.05) is 0 Å². The molecule has 4 fully saturated rings. The average molecular weight is 387 g/mol. The molecule has 5 unspecified atom stereocenters. The van der Waals surface area contributed by atoms with Gasteiger partial charge in [-0.1, -0.05) is 91.4 Å². The van der Waals surface area contributed by atoms with Crippen LogP contribution in [0.4, 0.5) is 0 Å². The molecule has 0 heterocycles. The van der Waals surface area contributed by atoms with E-state index in [1.807, 2.05) is 0 Å². The first-order valence-corrected chi connectivity index (χ1v) is 13.5. The fourth-order valence-electron chi connectivity index (χ4n) is 8.65. The molecule has 4 saturated carbocycles. The molecule has 0 heteroatoms. The number of fused-ring (bicyclic) bond motifs is 1. The summed E-state index contributed by atoms with van der Waals surface area (Å²) >= 11 is 0. The van der Waals surface area contributed by atoms with Gasteiger partial charge in [-0.2, -0.15) is 0 Å². The van der Waals surface area contributed by atoms with Gasteiger partial charge in [0.05, 0.1) is 0 Å². The van der Waals surface area contributed by atoms with Crippen LogP contribution in [0, 0.1) is 46.8 Å². The van der Waals surface area contributed by atoms with Crippen molar-refractivity contribution in [1.29, 1.82) is 0 Å². The molecule has 0 amide bonds. The summed E-state index contributed by atoms with van der Waals surface area (Å²) in [5.41, 5.74) is 0.580. The molecule has 5 atom stereocenters. The smallest absolute Gasteiger partial charge is 0.0323 e. The van der Waals surface area contributed by atoms with Crippen LogP contribution in [-0.4, -0.2) is 0 Å². The van der Waals surface area contributed by atoms with Crippen molar-refractivity contribution in [2.24, 2.45) is 46.8 Å². The lowest BCUT2D eigenvalue weighted by molar-refractivity contribution is 0.0766. The van der Waals surface area contributed by atoms with E-state index in [1.54, 1.807) is 44.9 Å². The molecule has 0 N–H and O–H groups in total. The first-order chi connectivity index (χ1) is 13.5. The summed E-state index contributed by atoms with van der Waals surface area (Å²) in [5, 5.41) is 0. The van der Waals surface area contributed by atoms with E-state index in [2.05, 4.69) is 20.8 Å². The van der Waals surface area contributed by atoms with Crippen LogP contribution in [0.5, 0.6) is 0 Å². The van der Waals surface area contributed by atoms with Gasteiger partial charge in [0.25, 0.3) is 0 Å². The third-order valence-electron chi connectivity index (χ3n) is 10.4. The van der Waals surface area contributed by atoms with Gasteiger partial charge in [0.2, 0.25) is 0 Å². The fourth-order valence-corrected chi connectivity index (χ4v) is 8.65. The Bertz CT molecular complexity index is 464. The zero-order chi connectivity index (χ0) is 19.6. The van der Waals surface area contributed by atoms with Crippen molar-refractivity contribution in [3.05, 3.63) is 0 Å². The van der Waals surface area contributed by atoms with Crippen LogP contribution in [0.15, 0.2) is 0 Å².